The van der Waals surface area contributed by atoms with Gasteiger partial charge in [-0.15, -0.1) is 0 Å². The zero-order chi connectivity index (χ0) is 19.9. The summed E-state index contributed by atoms with van der Waals surface area (Å²) < 4.78 is 54.5. The molecule has 2 rings (SSSR count). The molecule has 1 amide bonds. The van der Waals surface area contributed by atoms with E-state index in [1.54, 1.807) is 24.3 Å². The van der Waals surface area contributed by atoms with Gasteiger partial charge in [-0.3, -0.25) is 4.79 Å². The highest BCUT2D eigenvalue weighted by molar-refractivity contribution is 5.93. The zero-order valence-electron chi connectivity index (χ0n) is 14.9. The first-order chi connectivity index (χ1) is 12.8. The molecule has 0 aromatic heterocycles. The second-order valence-corrected chi connectivity index (χ2v) is 5.57. The third-order valence-corrected chi connectivity index (χ3v) is 3.47. The first-order valence-electron chi connectivity index (χ1n) is 8.24. The molecule has 0 saturated heterocycles. The van der Waals surface area contributed by atoms with Crippen LogP contribution in [0.3, 0.4) is 0 Å². The molecular weight excluding hydrogens is 363 g/mol. The van der Waals surface area contributed by atoms with Crippen molar-refractivity contribution >= 4 is 11.6 Å². The first kappa shape index (κ1) is 20.4. The summed E-state index contributed by atoms with van der Waals surface area (Å²) in [6.07, 6.45) is -3.85. The largest absolute Gasteiger partial charge is 0.497 e. The van der Waals surface area contributed by atoms with Crippen LogP contribution in [0, 0.1) is 0 Å². The van der Waals surface area contributed by atoms with Crippen molar-refractivity contribution in [2.24, 2.45) is 0 Å². The number of carbonyl (C=O) groups excluding carboxylic acids is 1. The summed E-state index contributed by atoms with van der Waals surface area (Å²) in [6, 6.07) is 9.51. The quantitative estimate of drug-likeness (QED) is 0.728. The van der Waals surface area contributed by atoms with E-state index < -0.39 is 17.6 Å². The number of alkyl halides is 3. The third-order valence-electron chi connectivity index (χ3n) is 3.47. The van der Waals surface area contributed by atoms with Crippen LogP contribution >= 0.6 is 0 Å². The Labute approximate surface area is 155 Å². The molecule has 5 nitrogen and oxygen atoms in total. The van der Waals surface area contributed by atoms with Crippen molar-refractivity contribution < 1.29 is 32.2 Å². The number of hydrogen-bond donors (Lipinski definition) is 1. The molecule has 0 spiro atoms. The fourth-order valence-electron chi connectivity index (χ4n) is 2.15. The van der Waals surface area contributed by atoms with E-state index in [9.17, 15) is 18.0 Å². The van der Waals surface area contributed by atoms with E-state index in [0.29, 0.717) is 24.5 Å². The van der Waals surface area contributed by atoms with E-state index in [1.165, 1.54) is 13.2 Å². The number of hydrogen-bond acceptors (Lipinski definition) is 4. The summed E-state index contributed by atoms with van der Waals surface area (Å²) in [7, 11) is 1.52. The van der Waals surface area contributed by atoms with E-state index >= 15 is 0 Å². The Morgan fingerprint density at radius 3 is 2.30 bits per heavy atom. The predicted octanol–water partition coefficient (Wildman–Crippen LogP) is 4.52. The molecule has 0 fully saturated rings. The van der Waals surface area contributed by atoms with Crippen molar-refractivity contribution in [3.8, 4) is 17.2 Å². The Balaban J connectivity index is 2.06. The molecule has 2 aromatic carbocycles. The number of anilines is 1. The topological polar surface area (TPSA) is 56.8 Å². The second kappa shape index (κ2) is 9.16. The summed E-state index contributed by atoms with van der Waals surface area (Å²) >= 11 is 0. The Hall–Kier alpha value is -2.90. The summed E-state index contributed by atoms with van der Waals surface area (Å²) in [4.78, 5) is 12.1. The van der Waals surface area contributed by atoms with Gasteiger partial charge in [0.15, 0.2) is 6.61 Å². The summed E-state index contributed by atoms with van der Waals surface area (Å²) in [5.41, 5.74) is -0.931. The minimum absolute atomic E-state index is 0.0541. The summed E-state index contributed by atoms with van der Waals surface area (Å²) in [6.45, 7) is 1.82. The molecule has 0 saturated carbocycles. The van der Waals surface area contributed by atoms with Gasteiger partial charge in [-0.25, -0.2) is 0 Å². The molecule has 146 valence electrons. The standard InChI is InChI=1S/C19H20F3NO4/c1-3-10-26-17-9-4-13(19(20,21)22)11-16(17)23-18(24)12-27-15-7-5-14(25-2)6-8-15/h4-9,11H,3,10,12H2,1-2H3,(H,23,24). The van der Waals surface area contributed by atoms with Crippen LogP contribution in [0.2, 0.25) is 0 Å². The van der Waals surface area contributed by atoms with E-state index in [1.807, 2.05) is 6.92 Å². The smallest absolute Gasteiger partial charge is 0.416 e. The van der Waals surface area contributed by atoms with Gasteiger partial charge in [0.05, 0.1) is 25.0 Å². The molecule has 0 atom stereocenters. The zero-order valence-corrected chi connectivity index (χ0v) is 14.9. The molecule has 0 aliphatic rings. The molecule has 8 heteroatoms. The second-order valence-electron chi connectivity index (χ2n) is 5.57. The molecule has 2 aromatic rings. The summed E-state index contributed by atoms with van der Waals surface area (Å²) in [5.74, 6) is 0.625. The van der Waals surface area contributed by atoms with Crippen LogP contribution in [0.25, 0.3) is 0 Å². The van der Waals surface area contributed by atoms with Crippen molar-refractivity contribution in [2.75, 3.05) is 25.6 Å². The van der Waals surface area contributed by atoms with Crippen LogP contribution in [-0.2, 0) is 11.0 Å². The van der Waals surface area contributed by atoms with Crippen molar-refractivity contribution in [2.45, 2.75) is 19.5 Å². The highest BCUT2D eigenvalue weighted by atomic mass is 19.4. The van der Waals surface area contributed by atoms with E-state index in [0.717, 1.165) is 12.1 Å². The number of benzene rings is 2. The maximum Gasteiger partial charge on any atom is 0.416 e. The van der Waals surface area contributed by atoms with Gasteiger partial charge in [-0.05, 0) is 48.9 Å². The number of methoxy groups -OCH3 is 1. The van der Waals surface area contributed by atoms with Crippen LogP contribution in [0.5, 0.6) is 17.2 Å². The predicted molar refractivity (Wildman–Crippen MR) is 94.3 cm³/mol. The average molecular weight is 383 g/mol. The van der Waals surface area contributed by atoms with Gasteiger partial charge in [0.2, 0.25) is 0 Å². The number of ether oxygens (including phenoxy) is 3. The lowest BCUT2D eigenvalue weighted by Gasteiger charge is -2.15. The van der Waals surface area contributed by atoms with Crippen LogP contribution < -0.4 is 19.5 Å². The molecule has 0 radical (unpaired) electrons. The monoisotopic (exact) mass is 383 g/mol. The van der Waals surface area contributed by atoms with Gasteiger partial charge in [-0.1, -0.05) is 6.92 Å². The Bertz CT molecular complexity index is 761. The molecule has 27 heavy (non-hydrogen) atoms. The van der Waals surface area contributed by atoms with Gasteiger partial charge in [0.25, 0.3) is 5.91 Å². The van der Waals surface area contributed by atoms with Gasteiger partial charge in [0, 0.05) is 0 Å². The highest BCUT2D eigenvalue weighted by Crippen LogP contribution is 2.35. The van der Waals surface area contributed by atoms with Crippen LogP contribution in [0.15, 0.2) is 42.5 Å². The minimum Gasteiger partial charge on any atom is -0.497 e. The Morgan fingerprint density at radius 1 is 1.04 bits per heavy atom. The molecule has 0 heterocycles. The fourth-order valence-corrected chi connectivity index (χ4v) is 2.15. The molecule has 0 bridgehead atoms. The average Bonchev–Trinajstić information content (AvgIpc) is 2.65. The molecular formula is C19H20F3NO4. The van der Waals surface area contributed by atoms with Crippen LogP contribution in [0.1, 0.15) is 18.9 Å². The number of halogens is 3. The van der Waals surface area contributed by atoms with Gasteiger partial charge in [0.1, 0.15) is 17.2 Å². The number of carbonyl (C=O) groups is 1. The number of nitrogens with one attached hydrogen (secondary N) is 1. The lowest BCUT2D eigenvalue weighted by Crippen LogP contribution is -2.21. The number of rotatable bonds is 8. The SMILES string of the molecule is CCCOc1ccc(C(F)(F)F)cc1NC(=O)COc1ccc(OC)cc1. The van der Waals surface area contributed by atoms with Crippen molar-refractivity contribution in [3.05, 3.63) is 48.0 Å². The van der Waals surface area contributed by atoms with Crippen LogP contribution in [-0.4, -0.2) is 26.2 Å². The van der Waals surface area contributed by atoms with Gasteiger partial charge in [-0.2, -0.15) is 13.2 Å². The maximum atomic E-state index is 12.9. The van der Waals surface area contributed by atoms with E-state index in [-0.39, 0.29) is 18.0 Å². The minimum atomic E-state index is -4.53. The lowest BCUT2D eigenvalue weighted by atomic mass is 10.1. The van der Waals surface area contributed by atoms with E-state index in [2.05, 4.69) is 5.32 Å². The number of amides is 1. The first-order valence-corrected chi connectivity index (χ1v) is 8.24. The molecule has 0 aliphatic heterocycles. The fraction of sp³-hybridized carbons (Fsp3) is 0.316. The molecule has 0 unspecified atom stereocenters. The molecule has 1 N–H and O–H groups in total. The van der Waals surface area contributed by atoms with Gasteiger partial charge < -0.3 is 19.5 Å². The normalized spacial score (nSPS) is 11.0. The van der Waals surface area contributed by atoms with Crippen molar-refractivity contribution in [1.29, 1.82) is 0 Å². The maximum absolute atomic E-state index is 12.9. The lowest BCUT2D eigenvalue weighted by molar-refractivity contribution is -0.137. The van der Waals surface area contributed by atoms with Crippen molar-refractivity contribution in [1.82, 2.24) is 0 Å². The summed E-state index contributed by atoms with van der Waals surface area (Å²) in [5, 5.41) is 2.41. The molecule has 0 aliphatic carbocycles. The Kier molecular flexibility index (Phi) is 6.92. The van der Waals surface area contributed by atoms with Gasteiger partial charge >= 0.3 is 6.18 Å². The highest BCUT2D eigenvalue weighted by Gasteiger charge is 2.31. The Morgan fingerprint density at radius 2 is 1.70 bits per heavy atom. The van der Waals surface area contributed by atoms with Crippen molar-refractivity contribution in [3.63, 3.8) is 0 Å². The third kappa shape index (κ3) is 6.09. The van der Waals surface area contributed by atoms with Crippen LogP contribution in [0.4, 0.5) is 18.9 Å². The van der Waals surface area contributed by atoms with E-state index in [4.69, 9.17) is 14.2 Å².